The highest BCUT2D eigenvalue weighted by molar-refractivity contribution is 9.10. The Morgan fingerprint density at radius 1 is 1.12 bits per heavy atom. The third-order valence-corrected chi connectivity index (χ3v) is 8.18. The summed E-state index contributed by atoms with van der Waals surface area (Å²) in [5.41, 5.74) is 2.91. The van der Waals surface area contributed by atoms with Crippen LogP contribution in [-0.4, -0.2) is 45.9 Å². The van der Waals surface area contributed by atoms with Crippen molar-refractivity contribution in [2.24, 2.45) is 5.92 Å². The van der Waals surface area contributed by atoms with Crippen molar-refractivity contribution in [2.45, 2.75) is 38.0 Å². The molecule has 174 valence electrons. The average Bonchev–Trinajstić information content (AvgIpc) is 2.79. The minimum atomic E-state index is -3.69. The quantitative estimate of drug-likeness (QED) is 0.580. The fourth-order valence-corrected chi connectivity index (χ4v) is 6.09. The lowest BCUT2D eigenvalue weighted by atomic mass is 9.96. The van der Waals surface area contributed by atoms with Crippen LogP contribution in [0.1, 0.15) is 30.9 Å². The van der Waals surface area contributed by atoms with Crippen LogP contribution in [0.15, 0.2) is 39.7 Å². The second-order valence-electron chi connectivity index (χ2n) is 7.79. The Morgan fingerprint density at radius 2 is 1.78 bits per heavy atom. The standard InChI is InChI=1S/C23H29BrN2O5S/c1-5-16-13-18(24)12-15(2)22(16)25-23(27)17-8-10-26(11-9-17)32(28,29)19-6-7-20(30-3)21(14-19)31-4/h6-7,12-14,17H,5,8-11H2,1-4H3,(H,25,27). The van der Waals surface area contributed by atoms with Gasteiger partial charge < -0.3 is 14.8 Å². The number of nitrogens with one attached hydrogen (secondary N) is 1. The first-order chi connectivity index (χ1) is 15.2. The molecule has 2 aromatic carbocycles. The van der Waals surface area contributed by atoms with E-state index in [1.807, 2.05) is 26.0 Å². The number of methoxy groups -OCH3 is 2. The van der Waals surface area contributed by atoms with Crippen LogP contribution in [0, 0.1) is 12.8 Å². The molecule has 2 aromatic rings. The summed E-state index contributed by atoms with van der Waals surface area (Å²) < 4.78 is 39.1. The second kappa shape index (κ2) is 10.2. The number of benzene rings is 2. The summed E-state index contributed by atoms with van der Waals surface area (Å²) in [4.78, 5) is 13.1. The fourth-order valence-electron chi connectivity index (χ4n) is 3.98. The van der Waals surface area contributed by atoms with Gasteiger partial charge in [0.05, 0.1) is 19.1 Å². The molecule has 0 aliphatic carbocycles. The normalized spacial score (nSPS) is 15.4. The van der Waals surface area contributed by atoms with Gasteiger partial charge in [0.1, 0.15) is 0 Å². The number of ether oxygens (including phenoxy) is 2. The molecule has 1 fully saturated rings. The van der Waals surface area contributed by atoms with Gasteiger partial charge in [0.15, 0.2) is 11.5 Å². The number of amides is 1. The Morgan fingerprint density at radius 3 is 2.38 bits per heavy atom. The molecule has 0 spiro atoms. The molecule has 1 amide bonds. The molecule has 0 aromatic heterocycles. The number of carbonyl (C=O) groups is 1. The van der Waals surface area contributed by atoms with Crippen LogP contribution < -0.4 is 14.8 Å². The number of carbonyl (C=O) groups excluding carboxylic acids is 1. The van der Waals surface area contributed by atoms with Gasteiger partial charge in [0.25, 0.3) is 0 Å². The molecule has 1 N–H and O–H groups in total. The van der Waals surface area contributed by atoms with E-state index in [4.69, 9.17) is 9.47 Å². The number of hydrogen-bond acceptors (Lipinski definition) is 5. The third-order valence-electron chi connectivity index (χ3n) is 5.83. The third kappa shape index (κ3) is 5.10. The van der Waals surface area contributed by atoms with E-state index in [1.54, 1.807) is 6.07 Å². The predicted molar refractivity (Wildman–Crippen MR) is 128 cm³/mol. The molecule has 3 rings (SSSR count). The summed E-state index contributed by atoms with van der Waals surface area (Å²) in [5.74, 6) is 0.531. The van der Waals surface area contributed by atoms with Crippen LogP contribution in [0.25, 0.3) is 0 Å². The van der Waals surface area contributed by atoms with Gasteiger partial charge in [-0.25, -0.2) is 8.42 Å². The lowest BCUT2D eigenvalue weighted by molar-refractivity contribution is -0.120. The van der Waals surface area contributed by atoms with Crippen LogP contribution >= 0.6 is 15.9 Å². The van der Waals surface area contributed by atoms with Gasteiger partial charge >= 0.3 is 0 Å². The Bertz CT molecular complexity index is 1100. The zero-order chi connectivity index (χ0) is 23.5. The highest BCUT2D eigenvalue weighted by atomic mass is 79.9. The van der Waals surface area contributed by atoms with E-state index in [9.17, 15) is 13.2 Å². The summed E-state index contributed by atoms with van der Waals surface area (Å²) in [6.07, 6.45) is 1.74. The molecular weight excluding hydrogens is 496 g/mol. The highest BCUT2D eigenvalue weighted by Crippen LogP contribution is 2.33. The molecule has 1 saturated heterocycles. The lowest BCUT2D eigenvalue weighted by Crippen LogP contribution is -2.41. The van der Waals surface area contributed by atoms with Crippen molar-refractivity contribution < 1.29 is 22.7 Å². The maximum atomic E-state index is 13.1. The van der Waals surface area contributed by atoms with Crippen LogP contribution in [0.2, 0.25) is 0 Å². The van der Waals surface area contributed by atoms with E-state index in [0.29, 0.717) is 24.3 Å². The number of sulfonamides is 1. The summed E-state index contributed by atoms with van der Waals surface area (Å²) >= 11 is 3.50. The number of nitrogens with zero attached hydrogens (tertiary/aromatic N) is 1. The van der Waals surface area contributed by atoms with Crippen molar-refractivity contribution in [2.75, 3.05) is 32.6 Å². The number of hydrogen-bond donors (Lipinski definition) is 1. The van der Waals surface area contributed by atoms with E-state index in [2.05, 4.69) is 21.2 Å². The second-order valence-corrected chi connectivity index (χ2v) is 10.6. The molecule has 0 radical (unpaired) electrons. The smallest absolute Gasteiger partial charge is 0.243 e. The molecule has 0 bridgehead atoms. The van der Waals surface area contributed by atoms with E-state index in [1.165, 1.54) is 30.7 Å². The van der Waals surface area contributed by atoms with Crippen LogP contribution in [0.3, 0.4) is 0 Å². The Labute approximate surface area is 198 Å². The zero-order valence-corrected chi connectivity index (χ0v) is 21.2. The van der Waals surface area contributed by atoms with Crippen LogP contribution in [0.5, 0.6) is 11.5 Å². The Balaban J connectivity index is 1.69. The number of anilines is 1. The maximum absolute atomic E-state index is 13.1. The molecule has 0 saturated carbocycles. The molecule has 1 aliphatic rings. The first-order valence-corrected chi connectivity index (χ1v) is 12.8. The molecule has 32 heavy (non-hydrogen) atoms. The van der Waals surface area contributed by atoms with Gasteiger partial charge in [0, 0.05) is 35.2 Å². The van der Waals surface area contributed by atoms with Crippen molar-refractivity contribution in [3.8, 4) is 11.5 Å². The van der Waals surface area contributed by atoms with Gasteiger partial charge in [-0.3, -0.25) is 4.79 Å². The minimum Gasteiger partial charge on any atom is -0.493 e. The summed E-state index contributed by atoms with van der Waals surface area (Å²) in [6, 6.07) is 8.55. The first kappa shape index (κ1) is 24.5. The van der Waals surface area contributed by atoms with Crippen molar-refractivity contribution >= 4 is 37.5 Å². The minimum absolute atomic E-state index is 0.0618. The molecule has 0 atom stereocenters. The zero-order valence-electron chi connectivity index (χ0n) is 18.8. The average molecular weight is 525 g/mol. The molecule has 1 aliphatic heterocycles. The van der Waals surface area contributed by atoms with E-state index >= 15 is 0 Å². The molecular formula is C23H29BrN2O5S. The van der Waals surface area contributed by atoms with Gasteiger partial charge in [-0.15, -0.1) is 0 Å². The monoisotopic (exact) mass is 524 g/mol. The fraction of sp³-hybridized carbons (Fsp3) is 0.435. The first-order valence-electron chi connectivity index (χ1n) is 10.5. The predicted octanol–water partition coefficient (Wildman–Crippen LogP) is 4.38. The lowest BCUT2D eigenvalue weighted by Gasteiger charge is -2.31. The number of halogens is 1. The van der Waals surface area contributed by atoms with E-state index in [0.717, 1.165) is 27.7 Å². The van der Waals surface area contributed by atoms with Crippen LogP contribution in [-0.2, 0) is 21.2 Å². The Hall–Kier alpha value is -2.10. The van der Waals surface area contributed by atoms with Gasteiger partial charge in [-0.2, -0.15) is 4.31 Å². The van der Waals surface area contributed by atoms with Crippen molar-refractivity contribution in [1.29, 1.82) is 0 Å². The maximum Gasteiger partial charge on any atom is 0.243 e. The number of piperidine rings is 1. The topological polar surface area (TPSA) is 84.9 Å². The molecule has 0 unspecified atom stereocenters. The van der Waals surface area contributed by atoms with Gasteiger partial charge in [-0.1, -0.05) is 22.9 Å². The number of aryl methyl sites for hydroxylation is 2. The van der Waals surface area contributed by atoms with Gasteiger partial charge in [-0.05, 0) is 61.6 Å². The van der Waals surface area contributed by atoms with E-state index in [-0.39, 0.29) is 29.8 Å². The molecule has 9 heteroatoms. The van der Waals surface area contributed by atoms with Crippen molar-refractivity contribution in [1.82, 2.24) is 4.31 Å². The van der Waals surface area contributed by atoms with Gasteiger partial charge in [0.2, 0.25) is 15.9 Å². The Kier molecular flexibility index (Phi) is 7.84. The van der Waals surface area contributed by atoms with Crippen LogP contribution in [0.4, 0.5) is 5.69 Å². The SMILES string of the molecule is CCc1cc(Br)cc(C)c1NC(=O)C1CCN(S(=O)(=O)c2ccc(OC)c(OC)c2)CC1. The van der Waals surface area contributed by atoms with Crippen molar-refractivity contribution in [3.63, 3.8) is 0 Å². The summed E-state index contributed by atoms with van der Waals surface area (Å²) in [7, 11) is -0.720. The summed E-state index contributed by atoms with van der Waals surface area (Å²) in [5, 5.41) is 3.08. The van der Waals surface area contributed by atoms with Crippen molar-refractivity contribution in [3.05, 3.63) is 45.9 Å². The number of rotatable bonds is 7. The van der Waals surface area contributed by atoms with E-state index < -0.39 is 10.0 Å². The summed E-state index contributed by atoms with van der Waals surface area (Å²) in [6.45, 7) is 4.59. The largest absolute Gasteiger partial charge is 0.493 e. The molecule has 1 heterocycles. The highest BCUT2D eigenvalue weighted by Gasteiger charge is 2.33. The molecule has 7 nitrogen and oxygen atoms in total.